The Hall–Kier alpha value is -2.49. The third-order valence-electron chi connectivity index (χ3n) is 6.45. The first kappa shape index (κ1) is 28.7. The summed E-state index contributed by atoms with van der Waals surface area (Å²) in [6.45, 7) is 8.16. The average Bonchev–Trinajstić information content (AvgIpc) is 2.88. The van der Waals surface area contributed by atoms with Crippen molar-refractivity contribution >= 4 is 5.97 Å². The molecule has 0 aliphatic carbocycles. The van der Waals surface area contributed by atoms with Crippen LogP contribution >= 0.6 is 0 Å². The second-order valence-corrected chi connectivity index (χ2v) is 9.57. The molecule has 0 amide bonds. The number of hydrogen-bond acceptors (Lipinski definition) is 4. The molecule has 2 aromatic carbocycles. The second kappa shape index (κ2) is 17.9. The fourth-order valence-electron chi connectivity index (χ4n) is 3.89. The molecule has 4 nitrogen and oxygen atoms in total. The summed E-state index contributed by atoms with van der Waals surface area (Å²) >= 11 is 0. The van der Waals surface area contributed by atoms with E-state index in [9.17, 15) is 4.79 Å². The summed E-state index contributed by atoms with van der Waals surface area (Å²) < 4.78 is 17.1. The molecule has 0 N–H and O–H groups in total. The number of ether oxygens (including phenoxy) is 3. The Kier molecular flexibility index (Phi) is 14.7. The molecule has 0 bridgehead atoms. The highest BCUT2D eigenvalue weighted by Gasteiger charge is 2.09. The van der Waals surface area contributed by atoms with Crippen molar-refractivity contribution in [1.82, 2.24) is 0 Å². The molecule has 0 saturated heterocycles. The maximum Gasteiger partial charge on any atom is 0.343 e. The molecule has 35 heavy (non-hydrogen) atoms. The Morgan fingerprint density at radius 2 is 1.14 bits per heavy atom. The predicted molar refractivity (Wildman–Crippen MR) is 145 cm³/mol. The van der Waals surface area contributed by atoms with Gasteiger partial charge in [0.05, 0.1) is 18.8 Å². The minimum Gasteiger partial charge on any atom is -0.494 e. The quantitative estimate of drug-likeness (QED) is 0.114. The van der Waals surface area contributed by atoms with Gasteiger partial charge in [0.2, 0.25) is 0 Å². The molecular formula is C31H46O4. The van der Waals surface area contributed by atoms with Crippen molar-refractivity contribution in [1.29, 1.82) is 0 Å². The summed E-state index contributed by atoms with van der Waals surface area (Å²) in [7, 11) is 0. The van der Waals surface area contributed by atoms with E-state index in [2.05, 4.69) is 20.8 Å². The van der Waals surface area contributed by atoms with Crippen molar-refractivity contribution in [3.05, 3.63) is 54.1 Å². The molecule has 1 unspecified atom stereocenters. The number of carbonyl (C=O) groups excluding carboxylic acids is 1. The predicted octanol–water partition coefficient (Wildman–Crippen LogP) is 9.02. The van der Waals surface area contributed by atoms with Gasteiger partial charge in [-0.3, -0.25) is 0 Å². The van der Waals surface area contributed by atoms with E-state index in [0.29, 0.717) is 24.5 Å². The van der Waals surface area contributed by atoms with Crippen molar-refractivity contribution in [2.45, 2.75) is 97.8 Å². The molecule has 0 fully saturated rings. The van der Waals surface area contributed by atoms with E-state index < -0.39 is 0 Å². The number of unbranched alkanes of at least 4 members (excludes halogenated alkanes) is 8. The van der Waals surface area contributed by atoms with Gasteiger partial charge in [-0.15, -0.1) is 0 Å². The van der Waals surface area contributed by atoms with Crippen LogP contribution < -0.4 is 14.2 Å². The third-order valence-corrected chi connectivity index (χ3v) is 6.45. The Morgan fingerprint density at radius 1 is 0.657 bits per heavy atom. The highest BCUT2D eigenvalue weighted by molar-refractivity contribution is 5.91. The number of hydrogen-bond donors (Lipinski definition) is 0. The lowest BCUT2D eigenvalue weighted by Crippen LogP contribution is -2.08. The first-order valence-corrected chi connectivity index (χ1v) is 13.8. The zero-order chi connectivity index (χ0) is 25.1. The van der Waals surface area contributed by atoms with Gasteiger partial charge < -0.3 is 14.2 Å². The van der Waals surface area contributed by atoms with E-state index in [1.807, 2.05) is 24.3 Å². The van der Waals surface area contributed by atoms with E-state index in [1.54, 1.807) is 24.3 Å². The van der Waals surface area contributed by atoms with Crippen LogP contribution in [-0.2, 0) is 0 Å². The van der Waals surface area contributed by atoms with Gasteiger partial charge in [-0.1, -0.05) is 78.6 Å². The Balaban J connectivity index is 1.62. The smallest absolute Gasteiger partial charge is 0.343 e. The Bertz CT molecular complexity index is 798. The maximum absolute atomic E-state index is 12.5. The van der Waals surface area contributed by atoms with Crippen LogP contribution in [0.25, 0.3) is 0 Å². The number of carbonyl (C=O) groups is 1. The van der Waals surface area contributed by atoms with Crippen molar-refractivity contribution in [2.24, 2.45) is 5.92 Å². The molecule has 0 spiro atoms. The minimum atomic E-state index is -0.377. The number of benzene rings is 2. The van der Waals surface area contributed by atoms with E-state index in [-0.39, 0.29) is 5.97 Å². The SMILES string of the molecule is CCCCCCCCCCCOc1ccc(C(=O)Oc2ccc(OCCCC(C)CC)cc2)cc1. The van der Waals surface area contributed by atoms with Gasteiger partial charge in [-0.25, -0.2) is 4.79 Å². The fourth-order valence-corrected chi connectivity index (χ4v) is 3.89. The second-order valence-electron chi connectivity index (χ2n) is 9.57. The minimum absolute atomic E-state index is 0.377. The lowest BCUT2D eigenvalue weighted by atomic mass is 10.0. The molecule has 1 atom stereocenters. The van der Waals surface area contributed by atoms with Crippen LogP contribution in [0, 0.1) is 5.92 Å². The topological polar surface area (TPSA) is 44.8 Å². The molecule has 194 valence electrons. The molecule has 0 heterocycles. The van der Waals surface area contributed by atoms with Gasteiger partial charge in [0.1, 0.15) is 17.2 Å². The molecule has 0 aliphatic heterocycles. The van der Waals surface area contributed by atoms with Gasteiger partial charge >= 0.3 is 5.97 Å². The summed E-state index contributed by atoms with van der Waals surface area (Å²) in [5, 5.41) is 0. The maximum atomic E-state index is 12.5. The monoisotopic (exact) mass is 482 g/mol. The van der Waals surface area contributed by atoms with Crippen LogP contribution in [0.5, 0.6) is 17.2 Å². The average molecular weight is 483 g/mol. The highest BCUT2D eigenvalue weighted by Crippen LogP contribution is 2.20. The van der Waals surface area contributed by atoms with Gasteiger partial charge in [-0.2, -0.15) is 0 Å². The normalized spacial score (nSPS) is 11.7. The molecule has 0 aromatic heterocycles. The van der Waals surface area contributed by atoms with Crippen LogP contribution in [-0.4, -0.2) is 19.2 Å². The lowest BCUT2D eigenvalue weighted by molar-refractivity contribution is 0.0734. The largest absolute Gasteiger partial charge is 0.494 e. The Morgan fingerprint density at radius 3 is 1.71 bits per heavy atom. The molecule has 2 aromatic rings. The van der Waals surface area contributed by atoms with Gasteiger partial charge in [0, 0.05) is 0 Å². The van der Waals surface area contributed by atoms with Crippen molar-refractivity contribution in [2.75, 3.05) is 13.2 Å². The summed E-state index contributed by atoms with van der Waals surface area (Å²) in [5.41, 5.74) is 0.505. The van der Waals surface area contributed by atoms with Crippen LogP contribution in [0.1, 0.15) is 108 Å². The molecule has 4 heteroatoms. The van der Waals surface area contributed by atoms with Crippen molar-refractivity contribution < 1.29 is 19.0 Å². The first-order chi connectivity index (χ1) is 17.1. The molecular weight excluding hydrogens is 436 g/mol. The molecule has 0 saturated carbocycles. The summed E-state index contributed by atoms with van der Waals surface area (Å²) in [6, 6.07) is 14.4. The third kappa shape index (κ3) is 12.7. The van der Waals surface area contributed by atoms with Gasteiger partial charge in [0.25, 0.3) is 0 Å². The van der Waals surface area contributed by atoms with E-state index in [4.69, 9.17) is 14.2 Å². The van der Waals surface area contributed by atoms with Crippen molar-refractivity contribution in [3.8, 4) is 17.2 Å². The van der Waals surface area contributed by atoms with Crippen LogP contribution in [0.3, 0.4) is 0 Å². The fraction of sp³-hybridized carbons (Fsp3) is 0.581. The number of esters is 1. The van der Waals surface area contributed by atoms with E-state index in [0.717, 1.165) is 30.3 Å². The van der Waals surface area contributed by atoms with Crippen LogP contribution in [0.15, 0.2) is 48.5 Å². The summed E-state index contributed by atoms with van der Waals surface area (Å²) in [4.78, 5) is 12.5. The van der Waals surface area contributed by atoms with Gasteiger partial charge in [0.15, 0.2) is 0 Å². The summed E-state index contributed by atoms with van der Waals surface area (Å²) in [5.74, 6) is 2.45. The van der Waals surface area contributed by atoms with Crippen molar-refractivity contribution in [3.63, 3.8) is 0 Å². The van der Waals surface area contributed by atoms with Gasteiger partial charge in [-0.05, 0) is 73.7 Å². The first-order valence-electron chi connectivity index (χ1n) is 13.8. The van der Waals surface area contributed by atoms with Crippen LogP contribution in [0.4, 0.5) is 0 Å². The van der Waals surface area contributed by atoms with E-state index >= 15 is 0 Å². The Labute approximate surface area is 213 Å². The summed E-state index contributed by atoms with van der Waals surface area (Å²) in [6.07, 6.45) is 15.1. The molecule has 2 rings (SSSR count). The lowest BCUT2D eigenvalue weighted by Gasteiger charge is -2.10. The standard InChI is InChI=1S/C31H46O4/c1-4-6-7-8-9-10-11-12-13-24-33-28-18-16-27(17-19-28)31(32)35-30-22-20-29(21-23-30)34-25-14-15-26(3)5-2/h16-23,26H,4-15,24-25H2,1-3H3. The van der Waals surface area contributed by atoms with Crippen LogP contribution in [0.2, 0.25) is 0 Å². The zero-order valence-corrected chi connectivity index (χ0v) is 22.2. The molecule has 0 radical (unpaired) electrons. The number of rotatable bonds is 19. The zero-order valence-electron chi connectivity index (χ0n) is 22.2. The molecule has 0 aliphatic rings. The van der Waals surface area contributed by atoms with E-state index in [1.165, 1.54) is 64.2 Å². The highest BCUT2D eigenvalue weighted by atomic mass is 16.5.